The number of allylic oxidation sites excluding steroid dienone is 4. The Morgan fingerprint density at radius 1 is 0.882 bits per heavy atom. The predicted octanol–water partition coefficient (Wildman–Crippen LogP) is 8.56. The highest BCUT2D eigenvalue weighted by Crippen LogP contribution is 2.48. The van der Waals surface area contributed by atoms with Gasteiger partial charge in [0.2, 0.25) is 11.0 Å². The number of amides is 1. The summed E-state index contributed by atoms with van der Waals surface area (Å²) in [5, 5.41) is 1.52. The number of ether oxygens (including phenoxy) is 4. The summed E-state index contributed by atoms with van der Waals surface area (Å²) in [6.07, 6.45) is 5.77. The molecule has 0 bridgehead atoms. The summed E-state index contributed by atoms with van der Waals surface area (Å²) in [7, 11) is 2.88. The second-order valence-corrected chi connectivity index (χ2v) is 20.4. The average molecular weight is 952 g/mol. The van der Waals surface area contributed by atoms with Gasteiger partial charge in [0.05, 0.1) is 35.1 Å². The molecule has 68 heavy (non-hydrogen) atoms. The fourth-order valence-electron chi connectivity index (χ4n) is 9.96. The van der Waals surface area contributed by atoms with Crippen LogP contribution in [0.2, 0.25) is 0 Å². The van der Waals surface area contributed by atoms with E-state index in [2.05, 4.69) is 73.1 Å². The first kappa shape index (κ1) is 45.2. The summed E-state index contributed by atoms with van der Waals surface area (Å²) in [6, 6.07) is 27.9. The van der Waals surface area contributed by atoms with Gasteiger partial charge in [0.25, 0.3) is 5.56 Å². The molecule has 0 unspecified atom stereocenters. The van der Waals surface area contributed by atoms with Gasteiger partial charge in [-0.05, 0) is 91.8 Å². The molecule has 0 saturated heterocycles. The largest absolute Gasteiger partial charge is 0.595 e. The molecule has 6 heterocycles. The number of aryl methyl sites for hydroxylation is 1. The number of likely N-dealkylation sites (N-methyl/N-ethyl adjacent to an activating group) is 1. The lowest BCUT2D eigenvalue weighted by molar-refractivity contribution is -0.412. The molecule has 1 atom stereocenters. The average Bonchev–Trinajstić information content (AvgIpc) is 3.81. The van der Waals surface area contributed by atoms with Crippen LogP contribution in [0.4, 0.5) is 15.3 Å². The number of benzene rings is 3. The maximum atomic E-state index is 13.8. The van der Waals surface area contributed by atoms with E-state index in [0.29, 0.717) is 40.6 Å². The van der Waals surface area contributed by atoms with Gasteiger partial charge < -0.3 is 32.8 Å². The van der Waals surface area contributed by atoms with Gasteiger partial charge in [-0.1, -0.05) is 84.8 Å². The van der Waals surface area contributed by atoms with Crippen LogP contribution < -0.4 is 20.8 Å². The second-order valence-electron chi connectivity index (χ2n) is 17.7. The summed E-state index contributed by atoms with van der Waals surface area (Å²) in [5.74, 6) is 1.68. The van der Waals surface area contributed by atoms with Gasteiger partial charge in [-0.25, -0.2) is 14.6 Å². The molecule has 10 rings (SSSR count). The predicted molar refractivity (Wildman–Crippen MR) is 262 cm³/mol. The summed E-state index contributed by atoms with van der Waals surface area (Å²) in [4.78, 5) is 63.2. The SMILES string of the molecule is CCN1C(=CC=C2CCCc3cc4ccc(=[NH+]C(=O)OCCSSCCOC(=O)O[C@]5(CC)C(=O)OCc6c5cc5n(c6=O)Cc6cc7ccccc7nc6-5)cc-4oc32)C(C)(C)c2ccccc21. The van der Waals surface area contributed by atoms with Crippen LogP contribution in [-0.4, -0.2) is 59.0 Å². The van der Waals surface area contributed by atoms with Crippen molar-refractivity contribution in [2.75, 3.05) is 36.2 Å². The Labute approximate surface area is 401 Å². The van der Waals surface area contributed by atoms with E-state index in [9.17, 15) is 19.2 Å². The van der Waals surface area contributed by atoms with Gasteiger partial charge in [-0.2, -0.15) is 4.79 Å². The van der Waals surface area contributed by atoms with Crippen molar-refractivity contribution < 1.29 is 42.7 Å². The number of fused-ring (bicyclic) bond motifs is 8. The van der Waals surface area contributed by atoms with Crippen molar-refractivity contribution in [3.8, 4) is 22.7 Å². The van der Waals surface area contributed by atoms with Crippen LogP contribution in [0, 0.1) is 0 Å². The molecule has 0 saturated carbocycles. The van der Waals surface area contributed by atoms with Gasteiger partial charge in [0, 0.05) is 63.0 Å². The molecule has 1 N–H and O–H groups in total. The molecule has 4 aromatic rings. The molecule has 348 valence electrons. The number of esters is 1. The summed E-state index contributed by atoms with van der Waals surface area (Å²) < 4.78 is 30.3. The van der Waals surface area contributed by atoms with Gasteiger partial charge in [-0.15, -0.1) is 4.99 Å². The first-order chi connectivity index (χ1) is 33.0. The number of pyridine rings is 2. The number of cyclic esters (lactones) is 1. The van der Waals surface area contributed by atoms with Gasteiger partial charge in [0.1, 0.15) is 31.3 Å². The molecule has 2 aromatic carbocycles. The molecule has 0 radical (unpaired) electrons. The van der Waals surface area contributed by atoms with Crippen LogP contribution in [0.3, 0.4) is 0 Å². The summed E-state index contributed by atoms with van der Waals surface area (Å²) in [6.45, 7) is 9.57. The van der Waals surface area contributed by atoms with Crippen LogP contribution in [0.1, 0.15) is 80.5 Å². The van der Waals surface area contributed by atoms with Gasteiger partial charge in [0.15, 0.2) is 0 Å². The van der Waals surface area contributed by atoms with Crippen molar-refractivity contribution in [1.82, 2.24) is 9.55 Å². The Bertz CT molecular complexity index is 3190. The van der Waals surface area contributed by atoms with E-state index in [1.807, 2.05) is 48.5 Å². The molecule has 2 aromatic heterocycles. The monoisotopic (exact) mass is 951 g/mol. The number of nitrogens with zero attached hydrogens (tertiary/aromatic N) is 3. The number of anilines is 1. The standard InChI is InChI=1S/C53H50N4O9S2/c1-5-53(40-29-43-46-36(26-33-12-7-9-16-41(33)55-46)30-57(43)48(58)38(40)31-64-49(53)59)66-51(61)63-23-25-68-67-24-22-62-50(60)54-37-20-18-34-27-35-14-11-13-32(47(35)65-44(34)28-37)19-21-45-52(3,4)39-15-8-10-17-42(39)56(45)6-2/h7-10,12,15-21,26-29H,5-6,11,13-14,22-25,30-31H2,1-4H3/p+1/t53-/m0/s1. The third kappa shape index (κ3) is 8.18. The van der Waals surface area contributed by atoms with E-state index in [1.54, 1.807) is 17.6 Å². The summed E-state index contributed by atoms with van der Waals surface area (Å²) in [5.41, 5.74) is 8.24. The minimum Gasteiger partial charge on any atom is -0.457 e. The zero-order valence-electron chi connectivity index (χ0n) is 38.3. The van der Waals surface area contributed by atoms with Crippen molar-refractivity contribution in [2.45, 2.75) is 77.5 Å². The van der Waals surface area contributed by atoms with Crippen LogP contribution in [0.25, 0.3) is 39.2 Å². The molecule has 15 heteroatoms. The lowest BCUT2D eigenvalue weighted by atomic mass is 9.83. The van der Waals surface area contributed by atoms with E-state index in [0.717, 1.165) is 59.2 Å². The maximum absolute atomic E-state index is 13.8. The Hall–Kier alpha value is -6.58. The smallest absolute Gasteiger partial charge is 0.457 e. The highest BCUT2D eigenvalue weighted by atomic mass is 33.1. The Morgan fingerprint density at radius 3 is 2.50 bits per heavy atom. The highest BCUT2D eigenvalue weighted by Gasteiger charge is 2.51. The third-order valence-electron chi connectivity index (χ3n) is 13.3. The Morgan fingerprint density at radius 2 is 1.68 bits per heavy atom. The molecule has 2 aliphatic carbocycles. The molecule has 0 spiro atoms. The van der Waals surface area contributed by atoms with E-state index in [4.69, 9.17) is 28.3 Å². The number of rotatable bonds is 11. The minimum atomic E-state index is -1.86. The topological polar surface area (TPSA) is 153 Å². The maximum Gasteiger partial charge on any atom is 0.595 e. The first-order valence-electron chi connectivity index (χ1n) is 23.0. The van der Waals surface area contributed by atoms with Gasteiger partial charge in [-0.3, -0.25) is 4.79 Å². The van der Waals surface area contributed by atoms with Crippen LogP contribution >= 0.6 is 21.6 Å². The van der Waals surface area contributed by atoms with E-state index < -0.39 is 23.8 Å². The lowest BCUT2D eigenvalue weighted by Gasteiger charge is -2.35. The van der Waals surface area contributed by atoms with Crippen molar-refractivity contribution in [1.29, 1.82) is 0 Å². The lowest BCUT2D eigenvalue weighted by Crippen LogP contribution is -2.80. The van der Waals surface area contributed by atoms with Crippen molar-refractivity contribution in [3.05, 3.63) is 152 Å². The first-order valence-corrected chi connectivity index (χ1v) is 25.5. The number of para-hydroxylation sites is 2. The van der Waals surface area contributed by atoms with Crippen LogP contribution in [0.15, 0.2) is 112 Å². The number of nitrogens with one attached hydrogen (secondary N) is 1. The minimum absolute atomic E-state index is 0.00751. The van der Waals surface area contributed by atoms with E-state index in [-0.39, 0.29) is 48.3 Å². The van der Waals surface area contributed by atoms with Crippen LogP contribution in [-0.2, 0) is 54.3 Å². The fraction of sp³-hybridized carbons (Fsp3) is 0.321. The highest BCUT2D eigenvalue weighted by molar-refractivity contribution is 8.76. The van der Waals surface area contributed by atoms with Crippen LogP contribution in [0.5, 0.6) is 0 Å². The Balaban J connectivity index is 0.722. The van der Waals surface area contributed by atoms with Crippen molar-refractivity contribution in [3.63, 3.8) is 0 Å². The number of carbonyl (C=O) groups is 3. The molecular weight excluding hydrogens is 901 g/mol. The van der Waals surface area contributed by atoms with Crippen molar-refractivity contribution >= 4 is 62.0 Å². The molecular formula is C53H51N4O9S2+. The molecule has 1 amide bonds. The number of carbonyl (C=O) groups excluding carboxylic acids is 3. The Kier molecular flexibility index (Phi) is 12.3. The number of hydrogen-bond acceptors (Lipinski definition) is 13. The summed E-state index contributed by atoms with van der Waals surface area (Å²) >= 11 is 0. The molecule has 13 nitrogen and oxygen atoms in total. The molecule has 6 aliphatic rings. The number of aromatic nitrogens is 2. The molecule has 4 aliphatic heterocycles. The molecule has 0 fully saturated rings. The second kappa shape index (κ2) is 18.5. The van der Waals surface area contributed by atoms with Crippen molar-refractivity contribution in [2.24, 2.45) is 0 Å². The zero-order chi connectivity index (χ0) is 47.2. The quantitative estimate of drug-likeness (QED) is 0.0571. The zero-order valence-corrected chi connectivity index (χ0v) is 40.0. The van der Waals surface area contributed by atoms with Gasteiger partial charge >= 0.3 is 18.2 Å². The van der Waals surface area contributed by atoms with E-state index in [1.165, 1.54) is 44.1 Å². The normalized spacial score (nSPS) is 19.1. The fourth-order valence-corrected chi connectivity index (χ4v) is 11.6. The number of hydrogen-bond donors (Lipinski definition) is 1. The third-order valence-corrected chi connectivity index (χ3v) is 15.7. The van der Waals surface area contributed by atoms with E-state index >= 15 is 0 Å².